The average molecular weight is 345 g/mol. The van der Waals surface area contributed by atoms with Gasteiger partial charge in [-0.05, 0) is 30.9 Å². The molecule has 0 bridgehead atoms. The molecule has 0 radical (unpaired) electrons. The maximum atomic E-state index is 12.8. The van der Waals surface area contributed by atoms with Crippen molar-refractivity contribution in [1.82, 2.24) is 14.5 Å². The second-order valence-electron chi connectivity index (χ2n) is 6.60. The Morgan fingerprint density at radius 1 is 1.25 bits per heavy atom. The molecule has 0 aliphatic carbocycles. The van der Waals surface area contributed by atoms with Crippen molar-refractivity contribution in [2.75, 3.05) is 18.8 Å². The smallest absolute Gasteiger partial charge is 0.262 e. The standard InChI is InChI=1S/C18H23N3O2S/c1-13(2)11-21-17(23)14-7-3-4-8-15(14)19-18(21)24-12-16(22)20-9-5-6-10-20/h3-4,7-8,13H,5-6,9-12H2,1-2H3. The summed E-state index contributed by atoms with van der Waals surface area (Å²) < 4.78 is 1.72. The molecule has 1 aromatic carbocycles. The highest BCUT2D eigenvalue weighted by atomic mass is 32.2. The number of amides is 1. The highest BCUT2D eigenvalue weighted by molar-refractivity contribution is 7.99. The summed E-state index contributed by atoms with van der Waals surface area (Å²) >= 11 is 1.37. The van der Waals surface area contributed by atoms with Gasteiger partial charge in [0.15, 0.2) is 5.16 Å². The summed E-state index contributed by atoms with van der Waals surface area (Å²) in [6, 6.07) is 7.40. The fourth-order valence-electron chi connectivity index (χ4n) is 2.97. The predicted octanol–water partition coefficient (Wildman–Crippen LogP) is 2.77. The van der Waals surface area contributed by atoms with E-state index in [2.05, 4.69) is 18.8 Å². The van der Waals surface area contributed by atoms with Gasteiger partial charge in [0.05, 0.1) is 16.7 Å². The summed E-state index contributed by atoms with van der Waals surface area (Å²) in [4.78, 5) is 31.6. The molecule has 1 amide bonds. The van der Waals surface area contributed by atoms with Gasteiger partial charge in [-0.1, -0.05) is 37.7 Å². The number of nitrogens with zero attached hydrogens (tertiary/aromatic N) is 3. The molecule has 2 heterocycles. The molecule has 1 saturated heterocycles. The van der Waals surface area contributed by atoms with Gasteiger partial charge < -0.3 is 4.90 Å². The van der Waals surface area contributed by atoms with Gasteiger partial charge in [0, 0.05) is 19.6 Å². The van der Waals surface area contributed by atoms with E-state index in [0.717, 1.165) is 25.9 Å². The zero-order valence-electron chi connectivity index (χ0n) is 14.2. The number of carbonyl (C=O) groups is 1. The van der Waals surface area contributed by atoms with Gasteiger partial charge in [0.1, 0.15) is 0 Å². The number of aromatic nitrogens is 2. The summed E-state index contributed by atoms with van der Waals surface area (Å²) in [5.74, 6) is 0.804. The van der Waals surface area contributed by atoms with Crippen LogP contribution in [0.3, 0.4) is 0 Å². The van der Waals surface area contributed by atoms with Crippen LogP contribution in [0.15, 0.2) is 34.2 Å². The van der Waals surface area contributed by atoms with Crippen molar-refractivity contribution < 1.29 is 4.79 Å². The molecule has 128 valence electrons. The highest BCUT2D eigenvalue weighted by Gasteiger charge is 2.19. The van der Waals surface area contributed by atoms with E-state index < -0.39 is 0 Å². The van der Waals surface area contributed by atoms with E-state index in [4.69, 9.17) is 0 Å². The van der Waals surface area contributed by atoms with Crippen molar-refractivity contribution in [1.29, 1.82) is 0 Å². The molecule has 3 rings (SSSR count). The van der Waals surface area contributed by atoms with Crippen LogP contribution in [0.4, 0.5) is 0 Å². The predicted molar refractivity (Wildman–Crippen MR) is 97.4 cm³/mol. The minimum Gasteiger partial charge on any atom is -0.342 e. The van der Waals surface area contributed by atoms with E-state index in [1.807, 2.05) is 29.2 Å². The Morgan fingerprint density at radius 3 is 2.67 bits per heavy atom. The molecule has 2 aromatic rings. The first kappa shape index (κ1) is 17.0. The Balaban J connectivity index is 1.89. The number of rotatable bonds is 5. The third-order valence-electron chi connectivity index (χ3n) is 4.16. The molecule has 0 spiro atoms. The van der Waals surface area contributed by atoms with Gasteiger partial charge in [-0.25, -0.2) is 4.98 Å². The minimum atomic E-state index is -0.0228. The molecule has 1 aliphatic heterocycles. The van der Waals surface area contributed by atoms with E-state index >= 15 is 0 Å². The molecule has 0 saturated carbocycles. The summed E-state index contributed by atoms with van der Waals surface area (Å²) in [7, 11) is 0. The molecule has 1 fully saturated rings. The number of fused-ring (bicyclic) bond motifs is 1. The van der Waals surface area contributed by atoms with Gasteiger partial charge in [0.2, 0.25) is 5.91 Å². The van der Waals surface area contributed by atoms with Crippen LogP contribution in [0.2, 0.25) is 0 Å². The lowest BCUT2D eigenvalue weighted by molar-refractivity contribution is -0.127. The zero-order chi connectivity index (χ0) is 17.1. The monoisotopic (exact) mass is 345 g/mol. The molecule has 0 N–H and O–H groups in total. The third kappa shape index (κ3) is 3.64. The first-order chi connectivity index (χ1) is 11.6. The number of benzene rings is 1. The summed E-state index contributed by atoms with van der Waals surface area (Å²) in [5, 5.41) is 1.27. The molecule has 5 nitrogen and oxygen atoms in total. The third-order valence-corrected chi connectivity index (χ3v) is 5.12. The molecule has 1 aliphatic rings. The van der Waals surface area contributed by atoms with Crippen LogP contribution in [-0.2, 0) is 11.3 Å². The lowest BCUT2D eigenvalue weighted by Crippen LogP contribution is -2.30. The summed E-state index contributed by atoms with van der Waals surface area (Å²) in [5.41, 5.74) is 0.670. The van der Waals surface area contributed by atoms with Crippen LogP contribution in [0.1, 0.15) is 26.7 Å². The van der Waals surface area contributed by atoms with Gasteiger partial charge in [-0.3, -0.25) is 14.2 Å². The Labute approximate surface area is 146 Å². The largest absolute Gasteiger partial charge is 0.342 e. The van der Waals surface area contributed by atoms with Gasteiger partial charge in [0.25, 0.3) is 5.56 Å². The maximum absolute atomic E-state index is 12.8. The zero-order valence-corrected chi connectivity index (χ0v) is 15.0. The molecular weight excluding hydrogens is 322 g/mol. The SMILES string of the molecule is CC(C)Cn1c(SCC(=O)N2CCCC2)nc2ccccc2c1=O. The average Bonchev–Trinajstić information content (AvgIpc) is 3.10. The lowest BCUT2D eigenvalue weighted by atomic mass is 10.2. The second kappa shape index (κ2) is 7.38. The van der Waals surface area contributed by atoms with Crippen LogP contribution >= 0.6 is 11.8 Å². The van der Waals surface area contributed by atoms with Crippen LogP contribution in [0.25, 0.3) is 10.9 Å². The maximum Gasteiger partial charge on any atom is 0.262 e. The number of hydrogen-bond donors (Lipinski definition) is 0. The van der Waals surface area contributed by atoms with E-state index in [1.54, 1.807) is 4.57 Å². The molecule has 0 atom stereocenters. The molecule has 6 heteroatoms. The number of thioether (sulfide) groups is 1. The molecular formula is C18H23N3O2S. The van der Waals surface area contributed by atoms with E-state index in [1.165, 1.54) is 11.8 Å². The van der Waals surface area contributed by atoms with Gasteiger partial charge in [-0.2, -0.15) is 0 Å². The van der Waals surface area contributed by atoms with Crippen molar-refractivity contribution in [3.63, 3.8) is 0 Å². The van der Waals surface area contributed by atoms with Crippen molar-refractivity contribution in [2.45, 2.75) is 38.4 Å². The van der Waals surface area contributed by atoms with Gasteiger partial charge >= 0.3 is 0 Å². The quantitative estimate of drug-likeness (QED) is 0.618. The van der Waals surface area contributed by atoms with E-state index in [0.29, 0.717) is 34.3 Å². The van der Waals surface area contributed by atoms with Crippen molar-refractivity contribution >= 4 is 28.6 Å². The van der Waals surface area contributed by atoms with Crippen molar-refractivity contribution in [2.24, 2.45) is 5.92 Å². The van der Waals surface area contributed by atoms with Crippen LogP contribution in [0.5, 0.6) is 0 Å². The number of para-hydroxylation sites is 1. The topological polar surface area (TPSA) is 55.2 Å². The first-order valence-corrected chi connectivity index (χ1v) is 9.45. The molecule has 0 unspecified atom stereocenters. The van der Waals surface area contributed by atoms with Crippen molar-refractivity contribution in [3.8, 4) is 0 Å². The summed E-state index contributed by atoms with van der Waals surface area (Å²) in [6.07, 6.45) is 2.17. The highest BCUT2D eigenvalue weighted by Crippen LogP contribution is 2.20. The van der Waals surface area contributed by atoms with Crippen LogP contribution in [-0.4, -0.2) is 39.2 Å². The van der Waals surface area contributed by atoms with Crippen molar-refractivity contribution in [3.05, 3.63) is 34.6 Å². The number of carbonyl (C=O) groups excluding carboxylic acids is 1. The minimum absolute atomic E-state index is 0.0228. The molecule has 24 heavy (non-hydrogen) atoms. The Morgan fingerprint density at radius 2 is 1.96 bits per heavy atom. The van der Waals surface area contributed by atoms with Gasteiger partial charge in [-0.15, -0.1) is 0 Å². The summed E-state index contributed by atoms with van der Waals surface area (Å²) in [6.45, 7) is 6.46. The fraction of sp³-hybridized carbons (Fsp3) is 0.500. The Kier molecular flexibility index (Phi) is 5.23. The van der Waals surface area contributed by atoms with E-state index in [9.17, 15) is 9.59 Å². The van der Waals surface area contributed by atoms with Crippen LogP contribution in [0, 0.1) is 5.92 Å². The van der Waals surface area contributed by atoms with E-state index in [-0.39, 0.29) is 11.5 Å². The normalized spacial score (nSPS) is 14.7. The lowest BCUT2D eigenvalue weighted by Gasteiger charge is -2.17. The Hall–Kier alpha value is -1.82. The number of hydrogen-bond acceptors (Lipinski definition) is 4. The molecule has 1 aromatic heterocycles. The number of likely N-dealkylation sites (tertiary alicyclic amines) is 1. The first-order valence-electron chi connectivity index (χ1n) is 8.46. The fourth-order valence-corrected chi connectivity index (χ4v) is 3.88. The van der Waals surface area contributed by atoms with Crippen LogP contribution < -0.4 is 5.56 Å². The Bertz CT molecular complexity index is 794. The second-order valence-corrected chi connectivity index (χ2v) is 7.54.